The van der Waals surface area contributed by atoms with Gasteiger partial charge >= 0.3 is 6.18 Å². The van der Waals surface area contributed by atoms with Gasteiger partial charge in [0.25, 0.3) is 0 Å². The number of halogens is 3. The molecule has 2 aromatic carbocycles. The van der Waals surface area contributed by atoms with Crippen molar-refractivity contribution < 1.29 is 23.0 Å². The minimum absolute atomic E-state index is 0.0979. The van der Waals surface area contributed by atoms with Crippen LogP contribution < -0.4 is 15.6 Å². The third-order valence-corrected chi connectivity index (χ3v) is 6.78. The van der Waals surface area contributed by atoms with Gasteiger partial charge in [-0.2, -0.15) is 13.2 Å². The molecule has 3 N–H and O–H groups in total. The third kappa shape index (κ3) is 3.74. The molecule has 8 heteroatoms. The number of aliphatic hydroxyl groups is 1. The van der Waals surface area contributed by atoms with E-state index in [4.69, 9.17) is 4.74 Å². The second-order valence-electron chi connectivity index (χ2n) is 9.96. The number of anilines is 1. The van der Waals surface area contributed by atoms with Gasteiger partial charge in [-0.25, -0.2) is 0 Å². The lowest BCUT2D eigenvalue weighted by molar-refractivity contribution is -0.275. The first-order valence-corrected chi connectivity index (χ1v) is 11.2. The molecule has 0 aliphatic heterocycles. The molecule has 1 heterocycles. The molecule has 182 valence electrons. The summed E-state index contributed by atoms with van der Waals surface area (Å²) in [5.41, 5.74) is -1.63. The fraction of sp³-hybridized carbons (Fsp3) is 0.423. The van der Waals surface area contributed by atoms with E-state index in [1.54, 1.807) is 50.2 Å². The molecular formula is C26H29F3N2O3. The standard InChI is InChI=1S/C26H29F3N2O3/c1-14(2)15-9-10-17-21(22(15)34-5)24(3,4)13-25(33,26(27,28)29)23(17)31-19-8-6-7-18-16(19)11-12-20(32)30-18/h6-12,14,23,31,33H,13H2,1-5H3,(H,30,32). The van der Waals surface area contributed by atoms with Gasteiger partial charge in [-0.1, -0.05) is 45.9 Å². The molecule has 0 amide bonds. The van der Waals surface area contributed by atoms with Crippen molar-refractivity contribution in [1.29, 1.82) is 0 Å². The summed E-state index contributed by atoms with van der Waals surface area (Å²) in [6.45, 7) is 7.40. The van der Waals surface area contributed by atoms with Crippen LogP contribution in [0.3, 0.4) is 0 Å². The highest BCUT2D eigenvalue weighted by Crippen LogP contribution is 2.57. The molecule has 0 saturated carbocycles. The molecule has 5 nitrogen and oxygen atoms in total. The lowest BCUT2D eigenvalue weighted by atomic mass is 9.62. The summed E-state index contributed by atoms with van der Waals surface area (Å²) in [5.74, 6) is 0.650. The first-order valence-electron chi connectivity index (χ1n) is 11.2. The number of aromatic amines is 1. The highest BCUT2D eigenvalue weighted by atomic mass is 19.4. The number of hydrogen-bond acceptors (Lipinski definition) is 4. The Morgan fingerprint density at radius 1 is 1.15 bits per heavy atom. The van der Waals surface area contributed by atoms with E-state index in [9.17, 15) is 23.1 Å². The van der Waals surface area contributed by atoms with Crippen molar-refractivity contribution in [2.45, 2.75) is 63.3 Å². The van der Waals surface area contributed by atoms with Crippen molar-refractivity contribution in [3.05, 3.63) is 69.5 Å². The Hall–Kier alpha value is -3.00. The summed E-state index contributed by atoms with van der Waals surface area (Å²) >= 11 is 0. The average Bonchev–Trinajstić information content (AvgIpc) is 2.74. The molecule has 1 aliphatic carbocycles. The van der Waals surface area contributed by atoms with Crippen LogP contribution in [0.2, 0.25) is 0 Å². The summed E-state index contributed by atoms with van der Waals surface area (Å²) < 4.78 is 49.3. The zero-order valence-electron chi connectivity index (χ0n) is 19.8. The van der Waals surface area contributed by atoms with Gasteiger partial charge in [0.05, 0.1) is 18.7 Å². The number of methoxy groups -OCH3 is 1. The summed E-state index contributed by atoms with van der Waals surface area (Å²) in [5, 5.41) is 14.8. The van der Waals surface area contributed by atoms with E-state index < -0.39 is 29.7 Å². The molecule has 3 aromatic rings. The maximum Gasteiger partial charge on any atom is 0.419 e. The first-order chi connectivity index (χ1) is 15.8. The summed E-state index contributed by atoms with van der Waals surface area (Å²) in [6.07, 6.45) is -5.45. The van der Waals surface area contributed by atoms with Crippen molar-refractivity contribution >= 4 is 16.6 Å². The molecule has 0 radical (unpaired) electrons. The monoisotopic (exact) mass is 474 g/mol. The van der Waals surface area contributed by atoms with E-state index in [2.05, 4.69) is 10.3 Å². The molecular weight excluding hydrogens is 445 g/mol. The van der Waals surface area contributed by atoms with Crippen LogP contribution in [0.1, 0.15) is 62.8 Å². The highest BCUT2D eigenvalue weighted by Gasteiger charge is 2.64. The Labute approximate surface area is 196 Å². The number of nitrogens with one attached hydrogen (secondary N) is 2. The Morgan fingerprint density at radius 2 is 1.85 bits per heavy atom. The minimum atomic E-state index is -4.90. The van der Waals surface area contributed by atoms with E-state index in [-0.39, 0.29) is 11.5 Å². The predicted molar refractivity (Wildman–Crippen MR) is 127 cm³/mol. The number of aromatic nitrogens is 1. The largest absolute Gasteiger partial charge is 0.496 e. The summed E-state index contributed by atoms with van der Waals surface area (Å²) in [4.78, 5) is 14.4. The number of hydrogen-bond donors (Lipinski definition) is 3. The molecule has 0 spiro atoms. The molecule has 0 bridgehead atoms. The second-order valence-corrected chi connectivity index (χ2v) is 9.96. The Morgan fingerprint density at radius 3 is 2.47 bits per heavy atom. The predicted octanol–water partition coefficient (Wildman–Crippen LogP) is 5.79. The number of pyridine rings is 1. The number of rotatable bonds is 4. The van der Waals surface area contributed by atoms with E-state index >= 15 is 0 Å². The number of alkyl halides is 3. The SMILES string of the molecule is COc1c(C(C)C)ccc2c1C(C)(C)CC(O)(C(F)(F)F)C2Nc1cccc2[nH]c(=O)ccc12. The van der Waals surface area contributed by atoms with Gasteiger partial charge in [0, 0.05) is 22.7 Å². The van der Waals surface area contributed by atoms with Crippen LogP contribution >= 0.6 is 0 Å². The number of benzene rings is 2. The topological polar surface area (TPSA) is 74.3 Å². The fourth-order valence-corrected chi connectivity index (χ4v) is 5.28. The van der Waals surface area contributed by atoms with Gasteiger partial charge in [0.1, 0.15) is 5.75 Å². The van der Waals surface area contributed by atoms with Crippen LogP contribution in [-0.2, 0) is 5.41 Å². The number of H-pyrrole nitrogens is 1. The molecule has 0 saturated heterocycles. The van der Waals surface area contributed by atoms with Gasteiger partial charge in [-0.05, 0) is 47.1 Å². The molecule has 34 heavy (non-hydrogen) atoms. The maximum atomic E-state index is 14.5. The lowest BCUT2D eigenvalue weighted by Gasteiger charge is -2.49. The lowest BCUT2D eigenvalue weighted by Crippen LogP contribution is -2.58. The van der Waals surface area contributed by atoms with Crippen molar-refractivity contribution in [3.63, 3.8) is 0 Å². The Kier molecular flexibility index (Phi) is 5.71. The van der Waals surface area contributed by atoms with Crippen LogP contribution in [-0.4, -0.2) is 29.0 Å². The molecule has 0 fully saturated rings. The smallest absolute Gasteiger partial charge is 0.419 e. The van der Waals surface area contributed by atoms with Gasteiger partial charge in [0.15, 0.2) is 5.60 Å². The second kappa shape index (κ2) is 8.05. The van der Waals surface area contributed by atoms with Crippen LogP contribution in [0, 0.1) is 0 Å². The minimum Gasteiger partial charge on any atom is -0.496 e. The van der Waals surface area contributed by atoms with E-state index in [1.165, 1.54) is 13.2 Å². The molecule has 1 aliphatic rings. The molecule has 1 aromatic heterocycles. The van der Waals surface area contributed by atoms with Crippen molar-refractivity contribution in [1.82, 2.24) is 4.98 Å². The van der Waals surface area contributed by atoms with E-state index in [1.807, 2.05) is 13.8 Å². The van der Waals surface area contributed by atoms with Crippen molar-refractivity contribution in [2.75, 3.05) is 12.4 Å². The zero-order chi connectivity index (χ0) is 25.1. The van der Waals surface area contributed by atoms with Crippen LogP contribution in [0.5, 0.6) is 5.75 Å². The summed E-state index contributed by atoms with van der Waals surface area (Å²) in [7, 11) is 1.52. The highest BCUT2D eigenvalue weighted by molar-refractivity contribution is 5.91. The summed E-state index contributed by atoms with van der Waals surface area (Å²) in [6, 6.07) is 9.76. The number of ether oxygens (including phenoxy) is 1. The molecule has 2 unspecified atom stereocenters. The average molecular weight is 475 g/mol. The van der Waals surface area contributed by atoms with Crippen molar-refractivity contribution in [2.24, 2.45) is 0 Å². The molecule has 2 atom stereocenters. The maximum absolute atomic E-state index is 14.5. The number of fused-ring (bicyclic) bond motifs is 2. The first kappa shape index (κ1) is 24.1. The zero-order valence-corrected chi connectivity index (χ0v) is 19.8. The quantitative estimate of drug-likeness (QED) is 0.448. The van der Waals surface area contributed by atoms with Gasteiger partial charge < -0.3 is 20.1 Å². The van der Waals surface area contributed by atoms with Crippen LogP contribution in [0.15, 0.2) is 47.3 Å². The third-order valence-electron chi connectivity index (χ3n) is 6.78. The van der Waals surface area contributed by atoms with E-state index in [0.29, 0.717) is 33.5 Å². The Balaban J connectivity index is 1.99. The van der Waals surface area contributed by atoms with Crippen LogP contribution in [0.4, 0.5) is 18.9 Å². The molecule has 4 rings (SSSR count). The van der Waals surface area contributed by atoms with E-state index in [0.717, 1.165) is 5.56 Å². The normalized spacial score (nSPS) is 22.0. The van der Waals surface area contributed by atoms with Gasteiger partial charge in [-0.3, -0.25) is 4.79 Å². The van der Waals surface area contributed by atoms with Crippen molar-refractivity contribution in [3.8, 4) is 5.75 Å². The van der Waals surface area contributed by atoms with Gasteiger partial charge in [-0.15, -0.1) is 0 Å². The fourth-order valence-electron chi connectivity index (χ4n) is 5.28. The Bertz CT molecular complexity index is 1300. The van der Waals surface area contributed by atoms with Crippen LogP contribution in [0.25, 0.3) is 10.9 Å². The van der Waals surface area contributed by atoms with Gasteiger partial charge in [0.2, 0.25) is 5.56 Å².